The molecule has 2 amide bonds. The first-order valence-electron chi connectivity index (χ1n) is 8.11. The maximum absolute atomic E-state index is 12.4. The third-order valence-corrected chi connectivity index (χ3v) is 3.84. The van der Waals surface area contributed by atoms with Crippen molar-refractivity contribution >= 4 is 17.5 Å². The molecule has 1 N–H and O–H groups in total. The van der Waals surface area contributed by atoms with E-state index in [0.717, 1.165) is 25.9 Å². The normalized spacial score (nSPS) is 14.4. The second kappa shape index (κ2) is 8.49. The number of anilines is 1. The van der Waals surface area contributed by atoms with E-state index in [4.69, 9.17) is 4.74 Å². The van der Waals surface area contributed by atoms with Gasteiger partial charge in [-0.15, -0.1) is 0 Å². The Morgan fingerprint density at radius 2 is 2.00 bits per heavy atom. The van der Waals surface area contributed by atoms with Crippen molar-refractivity contribution in [3.8, 4) is 5.75 Å². The molecular formula is C18H25N3O3. The number of ether oxygens (including phenoxy) is 1. The van der Waals surface area contributed by atoms with Crippen LogP contribution in [0.15, 0.2) is 30.4 Å². The van der Waals surface area contributed by atoms with Crippen molar-refractivity contribution < 1.29 is 14.3 Å². The van der Waals surface area contributed by atoms with E-state index in [1.165, 1.54) is 13.2 Å². The monoisotopic (exact) mass is 331 g/mol. The number of amides is 2. The lowest BCUT2D eigenvalue weighted by Gasteiger charge is -2.16. The van der Waals surface area contributed by atoms with Crippen molar-refractivity contribution in [2.45, 2.75) is 12.8 Å². The van der Waals surface area contributed by atoms with E-state index in [-0.39, 0.29) is 11.8 Å². The maximum Gasteiger partial charge on any atom is 0.253 e. The SMILES string of the molecule is COc1cc(C(=O)N2CCCC2)ccc1NC(=O)/C=C/CN(C)C. The molecule has 0 atom stereocenters. The van der Waals surface area contributed by atoms with E-state index in [9.17, 15) is 9.59 Å². The highest BCUT2D eigenvalue weighted by Crippen LogP contribution is 2.26. The maximum atomic E-state index is 12.4. The van der Waals surface area contributed by atoms with Crippen LogP contribution in [0.1, 0.15) is 23.2 Å². The van der Waals surface area contributed by atoms with Crippen molar-refractivity contribution in [3.63, 3.8) is 0 Å². The number of carbonyl (C=O) groups excluding carboxylic acids is 2. The van der Waals surface area contributed by atoms with Gasteiger partial charge in [-0.1, -0.05) is 6.08 Å². The first-order valence-corrected chi connectivity index (χ1v) is 8.11. The molecule has 0 radical (unpaired) electrons. The van der Waals surface area contributed by atoms with E-state index >= 15 is 0 Å². The third-order valence-electron chi connectivity index (χ3n) is 3.84. The highest BCUT2D eigenvalue weighted by atomic mass is 16.5. The molecule has 1 saturated heterocycles. The lowest BCUT2D eigenvalue weighted by Crippen LogP contribution is -2.27. The van der Waals surface area contributed by atoms with Gasteiger partial charge in [-0.25, -0.2) is 0 Å². The number of hydrogen-bond acceptors (Lipinski definition) is 4. The van der Waals surface area contributed by atoms with Gasteiger partial charge in [0, 0.05) is 31.3 Å². The molecule has 130 valence electrons. The minimum atomic E-state index is -0.228. The minimum Gasteiger partial charge on any atom is -0.495 e. The molecule has 2 rings (SSSR count). The zero-order chi connectivity index (χ0) is 17.5. The zero-order valence-electron chi connectivity index (χ0n) is 14.5. The molecule has 6 nitrogen and oxygen atoms in total. The van der Waals surface area contributed by atoms with Crippen molar-refractivity contribution in [3.05, 3.63) is 35.9 Å². The van der Waals surface area contributed by atoms with Gasteiger partial charge in [-0.05, 0) is 45.1 Å². The average molecular weight is 331 g/mol. The molecule has 1 aromatic carbocycles. The molecule has 0 saturated carbocycles. The van der Waals surface area contributed by atoms with Gasteiger partial charge in [0.25, 0.3) is 5.91 Å². The lowest BCUT2D eigenvalue weighted by atomic mass is 10.1. The molecule has 1 fully saturated rings. The number of likely N-dealkylation sites (tertiary alicyclic amines) is 1. The Bertz CT molecular complexity index is 620. The quantitative estimate of drug-likeness (QED) is 0.810. The van der Waals surface area contributed by atoms with Crippen molar-refractivity contribution in [2.75, 3.05) is 46.2 Å². The summed E-state index contributed by atoms with van der Waals surface area (Å²) in [6.45, 7) is 2.29. The van der Waals surface area contributed by atoms with Crippen LogP contribution in [0.5, 0.6) is 5.75 Å². The molecule has 6 heteroatoms. The summed E-state index contributed by atoms with van der Waals surface area (Å²) < 4.78 is 5.32. The van der Waals surface area contributed by atoms with Gasteiger partial charge in [0.15, 0.2) is 0 Å². The van der Waals surface area contributed by atoms with E-state index < -0.39 is 0 Å². The summed E-state index contributed by atoms with van der Waals surface area (Å²) in [7, 11) is 5.39. The van der Waals surface area contributed by atoms with Gasteiger partial charge < -0.3 is 19.9 Å². The number of methoxy groups -OCH3 is 1. The number of nitrogens with one attached hydrogen (secondary N) is 1. The first kappa shape index (κ1) is 18.0. The van der Waals surface area contributed by atoms with Crippen LogP contribution in [-0.4, -0.2) is 62.5 Å². The summed E-state index contributed by atoms with van der Waals surface area (Å²) >= 11 is 0. The fourth-order valence-electron chi connectivity index (χ4n) is 2.58. The van der Waals surface area contributed by atoms with Crippen LogP contribution in [0.3, 0.4) is 0 Å². The van der Waals surface area contributed by atoms with E-state index in [1.807, 2.05) is 23.9 Å². The van der Waals surface area contributed by atoms with E-state index in [1.54, 1.807) is 24.3 Å². The van der Waals surface area contributed by atoms with E-state index in [2.05, 4.69) is 5.32 Å². The molecular weight excluding hydrogens is 306 g/mol. The Morgan fingerprint density at radius 1 is 1.29 bits per heavy atom. The van der Waals surface area contributed by atoms with Crippen LogP contribution < -0.4 is 10.1 Å². The number of likely N-dealkylation sites (N-methyl/N-ethyl adjacent to an activating group) is 1. The summed E-state index contributed by atoms with van der Waals surface area (Å²) in [6.07, 6.45) is 5.38. The van der Waals surface area contributed by atoms with Crippen LogP contribution in [0, 0.1) is 0 Å². The number of benzene rings is 1. The van der Waals surface area contributed by atoms with E-state index in [0.29, 0.717) is 23.5 Å². The van der Waals surface area contributed by atoms with Crippen molar-refractivity contribution in [1.82, 2.24) is 9.80 Å². The van der Waals surface area contributed by atoms with Crippen LogP contribution >= 0.6 is 0 Å². The molecule has 1 aliphatic heterocycles. The predicted molar refractivity (Wildman–Crippen MR) is 94.5 cm³/mol. The molecule has 24 heavy (non-hydrogen) atoms. The molecule has 0 spiro atoms. The van der Waals surface area contributed by atoms with Crippen molar-refractivity contribution in [1.29, 1.82) is 0 Å². The second-order valence-electron chi connectivity index (χ2n) is 6.07. The second-order valence-corrected chi connectivity index (χ2v) is 6.07. The number of nitrogens with zero attached hydrogens (tertiary/aromatic N) is 2. The number of carbonyl (C=O) groups is 2. The van der Waals surface area contributed by atoms with Crippen LogP contribution in [0.2, 0.25) is 0 Å². The summed E-state index contributed by atoms with van der Waals surface area (Å²) in [4.78, 5) is 28.2. The van der Waals surface area contributed by atoms with Gasteiger partial charge in [0.2, 0.25) is 5.91 Å². The Kier molecular flexibility index (Phi) is 6.37. The van der Waals surface area contributed by atoms with Crippen LogP contribution in [-0.2, 0) is 4.79 Å². The van der Waals surface area contributed by atoms with Crippen molar-refractivity contribution in [2.24, 2.45) is 0 Å². The number of rotatable bonds is 6. The molecule has 0 bridgehead atoms. The molecule has 1 aromatic rings. The summed E-state index contributed by atoms with van der Waals surface area (Å²) in [5, 5.41) is 2.78. The van der Waals surface area contributed by atoms with Gasteiger partial charge in [0.1, 0.15) is 5.75 Å². The van der Waals surface area contributed by atoms with Crippen LogP contribution in [0.4, 0.5) is 5.69 Å². The summed E-state index contributed by atoms with van der Waals surface area (Å²) in [5.74, 6) is 0.262. The Balaban J connectivity index is 2.07. The topological polar surface area (TPSA) is 61.9 Å². The molecule has 1 aliphatic rings. The minimum absolute atomic E-state index is 0.00885. The molecule has 0 unspecified atom stereocenters. The highest BCUT2D eigenvalue weighted by molar-refractivity contribution is 6.01. The van der Waals surface area contributed by atoms with Crippen LogP contribution in [0.25, 0.3) is 0 Å². The summed E-state index contributed by atoms with van der Waals surface area (Å²) in [6, 6.07) is 5.11. The largest absolute Gasteiger partial charge is 0.495 e. The third kappa shape index (κ3) is 4.83. The zero-order valence-corrected chi connectivity index (χ0v) is 14.5. The standard InChI is InChI=1S/C18H25N3O3/c1-20(2)10-6-7-17(22)19-15-9-8-14(13-16(15)24-3)18(23)21-11-4-5-12-21/h6-9,13H,4-5,10-12H2,1-3H3,(H,19,22)/b7-6+. The smallest absolute Gasteiger partial charge is 0.253 e. The van der Waals surface area contributed by atoms with Gasteiger partial charge in [-0.2, -0.15) is 0 Å². The van der Waals surface area contributed by atoms with Gasteiger partial charge in [-0.3, -0.25) is 9.59 Å². The van der Waals surface area contributed by atoms with Gasteiger partial charge in [0.05, 0.1) is 12.8 Å². The summed E-state index contributed by atoms with van der Waals surface area (Å²) in [5.41, 5.74) is 1.13. The fourth-order valence-corrected chi connectivity index (χ4v) is 2.58. The molecule has 0 aliphatic carbocycles. The highest BCUT2D eigenvalue weighted by Gasteiger charge is 2.20. The Morgan fingerprint density at radius 3 is 2.62 bits per heavy atom. The molecule has 0 aromatic heterocycles. The average Bonchev–Trinajstić information content (AvgIpc) is 3.08. The number of hydrogen-bond donors (Lipinski definition) is 1. The Hall–Kier alpha value is -2.34. The fraction of sp³-hybridized carbons (Fsp3) is 0.444. The predicted octanol–water partition coefficient (Wildman–Crippen LogP) is 1.99. The van der Waals surface area contributed by atoms with Gasteiger partial charge >= 0.3 is 0 Å². The lowest BCUT2D eigenvalue weighted by molar-refractivity contribution is -0.111. The Labute approximate surface area is 143 Å². The first-order chi connectivity index (χ1) is 11.5. The molecule has 1 heterocycles.